The van der Waals surface area contributed by atoms with Crippen molar-refractivity contribution in [3.05, 3.63) is 54.4 Å². The molecule has 3 heterocycles. The number of hydrogen-bond acceptors (Lipinski definition) is 6. The Balaban J connectivity index is 1.66. The van der Waals surface area contributed by atoms with E-state index in [9.17, 15) is 4.79 Å². The molecule has 0 aliphatic heterocycles. The molecule has 1 amide bonds. The first-order valence-electron chi connectivity index (χ1n) is 7.86. The van der Waals surface area contributed by atoms with E-state index < -0.39 is 0 Å². The standard InChI is InChI=1S/C18H15N5O2S/c1-23-14(9-10-19-23)16(24)22-18-21-13-8-7-12(20-17(13)26-18)11-5-3-4-6-15(11)25-2/h3-10H,1-2H3,(H,21,22,24). The minimum atomic E-state index is -0.256. The Morgan fingerprint density at radius 2 is 2.00 bits per heavy atom. The third kappa shape index (κ3) is 2.91. The molecule has 7 nitrogen and oxygen atoms in total. The summed E-state index contributed by atoms with van der Waals surface area (Å²) in [7, 11) is 3.35. The quantitative estimate of drug-likeness (QED) is 0.600. The second kappa shape index (κ2) is 6.57. The average Bonchev–Trinajstić information content (AvgIpc) is 3.26. The number of carbonyl (C=O) groups excluding carboxylic acids is 1. The van der Waals surface area contributed by atoms with Crippen LogP contribution in [0.4, 0.5) is 5.13 Å². The highest BCUT2D eigenvalue weighted by molar-refractivity contribution is 7.22. The number of para-hydroxylation sites is 1. The van der Waals surface area contributed by atoms with E-state index in [0.717, 1.165) is 27.4 Å². The maximum absolute atomic E-state index is 12.3. The predicted molar refractivity (Wildman–Crippen MR) is 101 cm³/mol. The van der Waals surface area contributed by atoms with Crippen LogP contribution in [0, 0.1) is 0 Å². The zero-order chi connectivity index (χ0) is 18.1. The van der Waals surface area contributed by atoms with Crippen LogP contribution in [0.2, 0.25) is 0 Å². The van der Waals surface area contributed by atoms with E-state index in [1.807, 2.05) is 36.4 Å². The van der Waals surface area contributed by atoms with Crippen LogP contribution in [-0.2, 0) is 7.05 Å². The monoisotopic (exact) mass is 365 g/mol. The molecule has 26 heavy (non-hydrogen) atoms. The van der Waals surface area contributed by atoms with Gasteiger partial charge in [0.15, 0.2) is 5.13 Å². The SMILES string of the molecule is COc1ccccc1-c1ccc2nc(NC(=O)c3ccnn3C)sc2n1. The molecule has 0 bridgehead atoms. The van der Waals surface area contributed by atoms with Crippen molar-refractivity contribution in [2.24, 2.45) is 7.05 Å². The largest absolute Gasteiger partial charge is 0.496 e. The number of benzene rings is 1. The molecule has 4 rings (SSSR count). The van der Waals surface area contributed by atoms with Crippen LogP contribution in [-0.4, -0.2) is 32.8 Å². The van der Waals surface area contributed by atoms with Crippen LogP contribution < -0.4 is 10.1 Å². The molecule has 0 fully saturated rings. The number of pyridine rings is 1. The normalized spacial score (nSPS) is 10.8. The van der Waals surface area contributed by atoms with Gasteiger partial charge in [0.05, 0.1) is 12.8 Å². The molecule has 4 aromatic rings. The number of carbonyl (C=O) groups is 1. The minimum Gasteiger partial charge on any atom is -0.496 e. The molecule has 1 N–H and O–H groups in total. The Morgan fingerprint density at radius 1 is 1.15 bits per heavy atom. The second-order valence-corrected chi connectivity index (χ2v) is 6.51. The Morgan fingerprint density at radius 3 is 2.77 bits per heavy atom. The molecule has 0 saturated carbocycles. The van der Waals surface area contributed by atoms with Crippen molar-refractivity contribution in [1.82, 2.24) is 19.7 Å². The van der Waals surface area contributed by atoms with Crippen molar-refractivity contribution >= 4 is 32.7 Å². The lowest BCUT2D eigenvalue weighted by atomic mass is 10.1. The number of thiazole rings is 1. The zero-order valence-electron chi connectivity index (χ0n) is 14.1. The van der Waals surface area contributed by atoms with Crippen molar-refractivity contribution in [2.45, 2.75) is 0 Å². The number of amides is 1. The first-order chi connectivity index (χ1) is 12.7. The lowest BCUT2D eigenvalue weighted by molar-refractivity contribution is 0.101. The molecule has 3 aromatic heterocycles. The summed E-state index contributed by atoms with van der Waals surface area (Å²) in [6.07, 6.45) is 1.58. The molecule has 0 aliphatic carbocycles. The van der Waals surface area contributed by atoms with Crippen molar-refractivity contribution in [3.63, 3.8) is 0 Å². The van der Waals surface area contributed by atoms with Gasteiger partial charge in [0.1, 0.15) is 21.8 Å². The fourth-order valence-corrected chi connectivity index (χ4v) is 3.47. The molecule has 130 valence electrons. The van der Waals surface area contributed by atoms with Gasteiger partial charge in [0.25, 0.3) is 5.91 Å². The van der Waals surface area contributed by atoms with Gasteiger partial charge in [0.2, 0.25) is 0 Å². The van der Waals surface area contributed by atoms with Gasteiger partial charge < -0.3 is 4.74 Å². The number of fused-ring (bicyclic) bond motifs is 1. The van der Waals surface area contributed by atoms with Crippen LogP contribution in [0.5, 0.6) is 5.75 Å². The number of hydrogen-bond donors (Lipinski definition) is 1. The van der Waals surface area contributed by atoms with Crippen LogP contribution in [0.15, 0.2) is 48.7 Å². The third-order valence-electron chi connectivity index (χ3n) is 3.91. The van der Waals surface area contributed by atoms with Crippen molar-refractivity contribution < 1.29 is 9.53 Å². The van der Waals surface area contributed by atoms with Gasteiger partial charge in [-0.05, 0) is 30.3 Å². The predicted octanol–water partition coefficient (Wildman–Crippen LogP) is 3.35. The maximum Gasteiger partial charge on any atom is 0.275 e. The highest BCUT2D eigenvalue weighted by atomic mass is 32.1. The summed E-state index contributed by atoms with van der Waals surface area (Å²) in [5.74, 6) is 0.502. The number of aryl methyl sites for hydroxylation is 1. The highest BCUT2D eigenvalue weighted by Crippen LogP contribution is 2.32. The number of aromatic nitrogens is 4. The van der Waals surface area contributed by atoms with Crippen LogP contribution in [0.1, 0.15) is 10.5 Å². The van der Waals surface area contributed by atoms with Crippen LogP contribution in [0.25, 0.3) is 21.6 Å². The van der Waals surface area contributed by atoms with E-state index in [-0.39, 0.29) is 5.91 Å². The lowest BCUT2D eigenvalue weighted by Crippen LogP contribution is -2.15. The fourth-order valence-electron chi connectivity index (χ4n) is 2.63. The number of methoxy groups -OCH3 is 1. The fraction of sp³-hybridized carbons (Fsp3) is 0.111. The Hall–Kier alpha value is -3.26. The van der Waals surface area contributed by atoms with Gasteiger partial charge >= 0.3 is 0 Å². The van der Waals surface area contributed by atoms with Gasteiger partial charge in [-0.15, -0.1) is 0 Å². The minimum absolute atomic E-state index is 0.256. The van der Waals surface area contributed by atoms with Crippen LogP contribution >= 0.6 is 11.3 Å². The lowest BCUT2D eigenvalue weighted by Gasteiger charge is -2.06. The van der Waals surface area contributed by atoms with E-state index in [4.69, 9.17) is 4.74 Å². The van der Waals surface area contributed by atoms with Crippen LogP contribution in [0.3, 0.4) is 0 Å². The van der Waals surface area contributed by atoms with E-state index in [1.165, 1.54) is 16.0 Å². The summed E-state index contributed by atoms with van der Waals surface area (Å²) in [6.45, 7) is 0. The summed E-state index contributed by atoms with van der Waals surface area (Å²) >= 11 is 1.33. The summed E-state index contributed by atoms with van der Waals surface area (Å²) < 4.78 is 6.92. The highest BCUT2D eigenvalue weighted by Gasteiger charge is 2.14. The molecule has 0 unspecified atom stereocenters. The van der Waals surface area contributed by atoms with Crippen molar-refractivity contribution in [3.8, 4) is 17.0 Å². The molecule has 0 aliphatic rings. The van der Waals surface area contributed by atoms with Gasteiger partial charge in [-0.3, -0.25) is 14.8 Å². The average molecular weight is 365 g/mol. The first kappa shape index (κ1) is 16.2. The van der Waals surface area contributed by atoms with E-state index in [0.29, 0.717) is 10.8 Å². The number of nitrogens with one attached hydrogen (secondary N) is 1. The molecule has 0 saturated heterocycles. The van der Waals surface area contributed by atoms with Gasteiger partial charge in [0, 0.05) is 18.8 Å². The summed E-state index contributed by atoms with van der Waals surface area (Å²) in [6, 6.07) is 13.1. The number of rotatable bonds is 4. The Bertz CT molecular complexity index is 1100. The second-order valence-electron chi connectivity index (χ2n) is 5.53. The molecular weight excluding hydrogens is 350 g/mol. The summed E-state index contributed by atoms with van der Waals surface area (Å²) in [4.78, 5) is 22.1. The van der Waals surface area contributed by atoms with Gasteiger partial charge in [-0.25, -0.2) is 9.97 Å². The van der Waals surface area contributed by atoms with Gasteiger partial charge in [-0.1, -0.05) is 23.5 Å². The Kier molecular flexibility index (Phi) is 4.10. The Labute approximate surface area is 153 Å². The third-order valence-corrected chi connectivity index (χ3v) is 4.79. The summed E-state index contributed by atoms with van der Waals surface area (Å²) in [5.41, 5.74) is 2.90. The van der Waals surface area contributed by atoms with E-state index >= 15 is 0 Å². The number of ether oxygens (including phenoxy) is 1. The van der Waals surface area contributed by atoms with Gasteiger partial charge in [-0.2, -0.15) is 5.10 Å². The number of nitrogens with zero attached hydrogens (tertiary/aromatic N) is 4. The molecule has 0 atom stereocenters. The number of anilines is 1. The molecule has 0 radical (unpaired) electrons. The zero-order valence-corrected chi connectivity index (χ0v) is 14.9. The smallest absolute Gasteiger partial charge is 0.275 e. The molecular formula is C18H15N5O2S. The molecule has 1 aromatic carbocycles. The maximum atomic E-state index is 12.3. The van der Waals surface area contributed by atoms with Crippen molar-refractivity contribution in [1.29, 1.82) is 0 Å². The summed E-state index contributed by atoms with van der Waals surface area (Å²) in [5, 5.41) is 7.29. The van der Waals surface area contributed by atoms with Crippen molar-refractivity contribution in [2.75, 3.05) is 12.4 Å². The molecule has 8 heteroatoms. The molecule has 0 spiro atoms. The van der Waals surface area contributed by atoms with E-state index in [2.05, 4.69) is 20.4 Å². The first-order valence-corrected chi connectivity index (χ1v) is 8.67. The topological polar surface area (TPSA) is 81.9 Å². The van der Waals surface area contributed by atoms with E-state index in [1.54, 1.807) is 26.4 Å².